The van der Waals surface area contributed by atoms with E-state index >= 15 is 0 Å². The highest BCUT2D eigenvalue weighted by Gasteiger charge is 2.10. The molecule has 0 saturated carbocycles. The molecule has 0 amide bonds. The topological polar surface area (TPSA) is 17.8 Å². The molecule has 0 unspecified atom stereocenters. The number of benzene rings is 1. The minimum Gasteiger partial charge on any atom is -0.236 e. The Balaban J connectivity index is 2.59. The summed E-state index contributed by atoms with van der Waals surface area (Å²) in [6.07, 6.45) is 0. The third-order valence-corrected chi connectivity index (χ3v) is 3.04. The molecule has 1 heterocycles. The van der Waals surface area contributed by atoms with Gasteiger partial charge in [0.15, 0.2) is 0 Å². The largest absolute Gasteiger partial charge is 0.236 e. The second kappa shape index (κ2) is 3.87. The molecule has 0 atom stereocenters. The van der Waals surface area contributed by atoms with Crippen molar-refractivity contribution in [1.29, 1.82) is 0 Å². The number of halogens is 2. The molecule has 0 aliphatic rings. The molecule has 0 aliphatic heterocycles. The maximum Gasteiger partial charge on any atom is 0.0848 e. The molecule has 0 aliphatic carbocycles. The summed E-state index contributed by atoms with van der Waals surface area (Å²) in [5, 5.41) is 5.74. The Bertz CT molecular complexity index is 503. The van der Waals surface area contributed by atoms with Crippen LogP contribution in [-0.4, -0.2) is 9.78 Å². The number of hydrogen-bond acceptors (Lipinski definition) is 1. The van der Waals surface area contributed by atoms with Gasteiger partial charge in [0.05, 0.1) is 22.1 Å². The third-order valence-electron chi connectivity index (χ3n) is 2.26. The fourth-order valence-corrected chi connectivity index (χ4v) is 1.79. The van der Waals surface area contributed by atoms with E-state index in [2.05, 4.69) is 5.10 Å². The molecule has 2 aromatic rings. The van der Waals surface area contributed by atoms with Crippen molar-refractivity contribution in [3.05, 3.63) is 45.7 Å². The number of nitrogens with zero attached hydrogens (tertiary/aromatic N) is 2. The monoisotopic (exact) mass is 240 g/mol. The Kier molecular flexibility index (Phi) is 2.72. The lowest BCUT2D eigenvalue weighted by Gasteiger charge is -2.04. The SMILES string of the molecule is Cc1nn(-c2cccc(Cl)c2)c(C)c1Cl. The average molecular weight is 241 g/mol. The lowest BCUT2D eigenvalue weighted by atomic mass is 10.3. The van der Waals surface area contributed by atoms with Crippen molar-refractivity contribution in [3.8, 4) is 5.69 Å². The summed E-state index contributed by atoms with van der Waals surface area (Å²) in [4.78, 5) is 0. The average Bonchev–Trinajstić information content (AvgIpc) is 2.46. The molecule has 0 N–H and O–H groups in total. The van der Waals surface area contributed by atoms with Gasteiger partial charge in [-0.1, -0.05) is 29.3 Å². The molecular formula is C11H10Cl2N2. The van der Waals surface area contributed by atoms with E-state index in [-0.39, 0.29) is 0 Å². The van der Waals surface area contributed by atoms with Crippen LogP contribution in [0.25, 0.3) is 5.69 Å². The van der Waals surface area contributed by atoms with Gasteiger partial charge in [-0.2, -0.15) is 5.10 Å². The van der Waals surface area contributed by atoms with Gasteiger partial charge in [0, 0.05) is 5.02 Å². The molecule has 1 aromatic carbocycles. The Morgan fingerprint density at radius 2 is 1.93 bits per heavy atom. The summed E-state index contributed by atoms with van der Waals surface area (Å²) in [7, 11) is 0. The van der Waals surface area contributed by atoms with Gasteiger partial charge in [0.1, 0.15) is 0 Å². The van der Waals surface area contributed by atoms with E-state index in [1.54, 1.807) is 4.68 Å². The predicted molar refractivity (Wildman–Crippen MR) is 63.1 cm³/mol. The van der Waals surface area contributed by atoms with Gasteiger partial charge in [-0.25, -0.2) is 4.68 Å². The molecule has 1 aromatic heterocycles. The van der Waals surface area contributed by atoms with E-state index in [1.165, 1.54) is 0 Å². The molecular weight excluding hydrogens is 231 g/mol. The first kappa shape index (κ1) is 10.5. The highest BCUT2D eigenvalue weighted by molar-refractivity contribution is 6.32. The van der Waals surface area contributed by atoms with E-state index in [9.17, 15) is 0 Å². The van der Waals surface area contributed by atoms with Crippen molar-refractivity contribution < 1.29 is 0 Å². The highest BCUT2D eigenvalue weighted by Crippen LogP contribution is 2.23. The Morgan fingerprint density at radius 3 is 2.47 bits per heavy atom. The smallest absolute Gasteiger partial charge is 0.0848 e. The van der Waals surface area contributed by atoms with Gasteiger partial charge in [-0.15, -0.1) is 0 Å². The lowest BCUT2D eigenvalue weighted by molar-refractivity contribution is 0.834. The van der Waals surface area contributed by atoms with Crippen LogP contribution in [0.1, 0.15) is 11.4 Å². The second-order valence-corrected chi connectivity index (χ2v) is 4.19. The van der Waals surface area contributed by atoms with Crippen LogP contribution in [-0.2, 0) is 0 Å². The zero-order chi connectivity index (χ0) is 11.0. The molecule has 2 rings (SSSR count). The number of hydrogen-bond donors (Lipinski definition) is 0. The van der Waals surface area contributed by atoms with E-state index in [0.29, 0.717) is 10.0 Å². The molecule has 0 radical (unpaired) electrons. The zero-order valence-corrected chi connectivity index (χ0v) is 9.97. The van der Waals surface area contributed by atoms with Crippen molar-refractivity contribution >= 4 is 23.2 Å². The van der Waals surface area contributed by atoms with Crippen LogP contribution in [0.5, 0.6) is 0 Å². The molecule has 2 nitrogen and oxygen atoms in total. The number of aryl methyl sites for hydroxylation is 1. The van der Waals surface area contributed by atoms with E-state index in [0.717, 1.165) is 17.1 Å². The quantitative estimate of drug-likeness (QED) is 0.742. The zero-order valence-electron chi connectivity index (χ0n) is 8.46. The van der Waals surface area contributed by atoms with E-state index in [1.807, 2.05) is 38.1 Å². The molecule has 4 heteroatoms. The van der Waals surface area contributed by atoms with Crippen molar-refractivity contribution in [3.63, 3.8) is 0 Å². The van der Waals surface area contributed by atoms with Gasteiger partial charge >= 0.3 is 0 Å². The molecule has 0 saturated heterocycles. The van der Waals surface area contributed by atoms with E-state index in [4.69, 9.17) is 23.2 Å². The van der Waals surface area contributed by atoms with Crippen LogP contribution >= 0.6 is 23.2 Å². The summed E-state index contributed by atoms with van der Waals surface area (Å²) in [5.41, 5.74) is 2.68. The van der Waals surface area contributed by atoms with Gasteiger partial charge in [0.2, 0.25) is 0 Å². The first-order chi connectivity index (χ1) is 7.09. The fourth-order valence-electron chi connectivity index (χ4n) is 1.48. The van der Waals surface area contributed by atoms with Crippen molar-refractivity contribution in [2.45, 2.75) is 13.8 Å². The fraction of sp³-hybridized carbons (Fsp3) is 0.182. The van der Waals surface area contributed by atoms with Crippen LogP contribution in [0.3, 0.4) is 0 Å². The number of aromatic nitrogens is 2. The molecule has 0 bridgehead atoms. The van der Waals surface area contributed by atoms with Gasteiger partial charge in [-0.05, 0) is 32.0 Å². The summed E-state index contributed by atoms with van der Waals surface area (Å²) in [5.74, 6) is 0. The van der Waals surface area contributed by atoms with Crippen molar-refractivity contribution in [1.82, 2.24) is 9.78 Å². The summed E-state index contributed by atoms with van der Waals surface area (Å²) in [6.45, 7) is 3.82. The van der Waals surface area contributed by atoms with Crippen LogP contribution in [0.2, 0.25) is 10.0 Å². The predicted octanol–water partition coefficient (Wildman–Crippen LogP) is 3.80. The van der Waals surface area contributed by atoms with Gasteiger partial charge in [0.25, 0.3) is 0 Å². The highest BCUT2D eigenvalue weighted by atomic mass is 35.5. The molecule has 78 valence electrons. The van der Waals surface area contributed by atoms with Gasteiger partial charge in [-0.3, -0.25) is 0 Å². The van der Waals surface area contributed by atoms with Crippen LogP contribution < -0.4 is 0 Å². The summed E-state index contributed by atoms with van der Waals surface area (Å²) < 4.78 is 1.80. The van der Waals surface area contributed by atoms with Crippen molar-refractivity contribution in [2.75, 3.05) is 0 Å². The number of rotatable bonds is 1. The minimum atomic E-state index is 0.691. The van der Waals surface area contributed by atoms with Crippen LogP contribution in [0.4, 0.5) is 0 Å². The molecule has 15 heavy (non-hydrogen) atoms. The Labute approximate surface area is 98.4 Å². The third kappa shape index (κ3) is 1.87. The first-order valence-corrected chi connectivity index (χ1v) is 5.33. The van der Waals surface area contributed by atoms with Gasteiger partial charge < -0.3 is 0 Å². The molecule has 0 fully saturated rings. The Hall–Kier alpha value is -0.990. The Morgan fingerprint density at radius 1 is 1.20 bits per heavy atom. The van der Waals surface area contributed by atoms with Crippen molar-refractivity contribution in [2.24, 2.45) is 0 Å². The van der Waals surface area contributed by atoms with E-state index < -0.39 is 0 Å². The maximum absolute atomic E-state index is 6.07. The first-order valence-electron chi connectivity index (χ1n) is 4.57. The maximum atomic E-state index is 6.07. The second-order valence-electron chi connectivity index (χ2n) is 3.38. The molecule has 0 spiro atoms. The lowest BCUT2D eigenvalue weighted by Crippen LogP contribution is -1.98. The van der Waals surface area contributed by atoms with Crippen LogP contribution in [0, 0.1) is 13.8 Å². The normalized spacial score (nSPS) is 10.7. The summed E-state index contributed by atoms with van der Waals surface area (Å²) in [6, 6.07) is 7.53. The standard InChI is InChI=1S/C11H10Cl2N2/c1-7-11(13)8(2)15(14-7)10-5-3-4-9(12)6-10/h3-6H,1-2H3. The summed E-state index contributed by atoms with van der Waals surface area (Å²) >= 11 is 12.0. The van der Waals surface area contributed by atoms with Crippen LogP contribution in [0.15, 0.2) is 24.3 Å². The minimum absolute atomic E-state index is 0.691.